The van der Waals surface area contributed by atoms with Gasteiger partial charge in [-0.25, -0.2) is 0 Å². The first-order chi connectivity index (χ1) is 6.81. The van der Waals surface area contributed by atoms with Crippen molar-refractivity contribution in [3.63, 3.8) is 0 Å². The molecule has 4 nitrogen and oxygen atoms in total. The molecule has 0 saturated heterocycles. The lowest BCUT2D eigenvalue weighted by atomic mass is 9.86. The van der Waals surface area contributed by atoms with E-state index in [0.717, 1.165) is 30.1 Å². The third kappa shape index (κ3) is 1.29. The third-order valence-corrected chi connectivity index (χ3v) is 3.81. The van der Waals surface area contributed by atoms with Crippen molar-refractivity contribution in [3.05, 3.63) is 5.89 Å². The van der Waals surface area contributed by atoms with E-state index in [1.807, 2.05) is 0 Å². The van der Waals surface area contributed by atoms with E-state index in [-0.39, 0.29) is 5.95 Å². The number of nitrogen functional groups attached to an aromatic ring is 1. The van der Waals surface area contributed by atoms with Crippen molar-refractivity contribution in [2.75, 3.05) is 5.73 Å². The van der Waals surface area contributed by atoms with Crippen LogP contribution in [-0.2, 0) is 6.42 Å². The highest BCUT2D eigenvalue weighted by Gasteiger charge is 2.39. The van der Waals surface area contributed by atoms with Gasteiger partial charge in [0.05, 0.1) is 0 Å². The lowest BCUT2D eigenvalue weighted by molar-refractivity contribution is 0.288. The largest absolute Gasteiger partial charge is 0.365 e. The van der Waals surface area contributed by atoms with Crippen LogP contribution in [0, 0.1) is 17.8 Å². The van der Waals surface area contributed by atoms with E-state index in [1.54, 1.807) is 0 Å². The molecule has 2 fully saturated rings. The number of fused-ring (bicyclic) bond motifs is 2. The van der Waals surface area contributed by atoms with Gasteiger partial charge in [0.1, 0.15) is 0 Å². The Bertz CT molecular complexity index is 336. The predicted molar refractivity (Wildman–Crippen MR) is 51.4 cm³/mol. The first kappa shape index (κ1) is 8.26. The van der Waals surface area contributed by atoms with E-state index in [0.29, 0.717) is 0 Å². The zero-order valence-electron chi connectivity index (χ0n) is 8.15. The summed E-state index contributed by atoms with van der Waals surface area (Å²) in [7, 11) is 0. The molecule has 14 heavy (non-hydrogen) atoms. The highest BCUT2D eigenvalue weighted by Crippen LogP contribution is 2.49. The van der Waals surface area contributed by atoms with Gasteiger partial charge in [-0.15, -0.1) is 0 Å². The second kappa shape index (κ2) is 2.97. The van der Waals surface area contributed by atoms with Crippen LogP contribution >= 0.6 is 0 Å². The lowest BCUT2D eigenvalue weighted by Gasteiger charge is -2.19. The quantitative estimate of drug-likeness (QED) is 0.775. The van der Waals surface area contributed by atoms with Gasteiger partial charge in [0, 0.05) is 6.42 Å². The Balaban J connectivity index is 1.68. The fraction of sp³-hybridized carbons (Fsp3) is 0.800. The normalized spacial score (nSPS) is 35.3. The Kier molecular flexibility index (Phi) is 1.75. The van der Waals surface area contributed by atoms with Crippen molar-refractivity contribution < 1.29 is 4.52 Å². The van der Waals surface area contributed by atoms with Crippen molar-refractivity contribution >= 4 is 5.95 Å². The number of nitrogens with zero attached hydrogens (tertiary/aromatic N) is 2. The van der Waals surface area contributed by atoms with E-state index in [4.69, 9.17) is 10.3 Å². The molecule has 1 aromatic rings. The number of aromatic nitrogens is 2. The minimum Gasteiger partial charge on any atom is -0.365 e. The molecule has 2 aliphatic rings. The molecule has 0 aromatic carbocycles. The Morgan fingerprint density at radius 1 is 1.36 bits per heavy atom. The molecule has 3 unspecified atom stereocenters. The van der Waals surface area contributed by atoms with Crippen LogP contribution in [0.5, 0.6) is 0 Å². The summed E-state index contributed by atoms with van der Waals surface area (Å²) in [5, 5.41) is 3.61. The Morgan fingerprint density at radius 3 is 2.86 bits per heavy atom. The first-order valence-electron chi connectivity index (χ1n) is 5.39. The van der Waals surface area contributed by atoms with E-state index in [2.05, 4.69) is 10.1 Å². The average molecular weight is 193 g/mol. The molecule has 2 aliphatic carbocycles. The van der Waals surface area contributed by atoms with Crippen LogP contribution in [0.25, 0.3) is 0 Å². The summed E-state index contributed by atoms with van der Waals surface area (Å²) in [6, 6.07) is 0. The average Bonchev–Trinajstić information content (AvgIpc) is 2.82. The van der Waals surface area contributed by atoms with Gasteiger partial charge in [0.25, 0.3) is 5.95 Å². The molecule has 2 saturated carbocycles. The van der Waals surface area contributed by atoms with Gasteiger partial charge in [-0.2, -0.15) is 4.98 Å². The Labute approximate surface area is 82.9 Å². The third-order valence-electron chi connectivity index (χ3n) is 3.81. The highest BCUT2D eigenvalue weighted by atomic mass is 16.5. The van der Waals surface area contributed by atoms with Gasteiger partial charge in [-0.1, -0.05) is 6.42 Å². The number of hydrogen-bond acceptors (Lipinski definition) is 4. The number of anilines is 1. The summed E-state index contributed by atoms with van der Waals surface area (Å²) >= 11 is 0. The van der Waals surface area contributed by atoms with Crippen molar-refractivity contribution in [2.24, 2.45) is 17.8 Å². The SMILES string of the molecule is Nc1noc(CC2CC3CCC2C3)n1. The second-order valence-corrected chi connectivity index (χ2v) is 4.69. The smallest absolute Gasteiger partial charge is 0.260 e. The van der Waals surface area contributed by atoms with Crippen LogP contribution in [0.15, 0.2) is 4.52 Å². The maximum absolute atomic E-state index is 5.41. The number of nitrogens with two attached hydrogens (primary N) is 1. The van der Waals surface area contributed by atoms with E-state index >= 15 is 0 Å². The van der Waals surface area contributed by atoms with Gasteiger partial charge in [-0.05, 0) is 42.2 Å². The lowest BCUT2D eigenvalue weighted by Crippen LogP contribution is -2.13. The molecule has 3 rings (SSSR count). The van der Waals surface area contributed by atoms with E-state index in [1.165, 1.54) is 25.7 Å². The zero-order valence-corrected chi connectivity index (χ0v) is 8.15. The number of hydrogen-bond donors (Lipinski definition) is 1. The Morgan fingerprint density at radius 2 is 2.29 bits per heavy atom. The summed E-state index contributed by atoms with van der Waals surface area (Å²) in [4.78, 5) is 4.06. The first-order valence-corrected chi connectivity index (χ1v) is 5.39. The van der Waals surface area contributed by atoms with Gasteiger partial charge < -0.3 is 10.3 Å². The molecule has 3 atom stereocenters. The van der Waals surface area contributed by atoms with Crippen LogP contribution in [0.2, 0.25) is 0 Å². The van der Waals surface area contributed by atoms with Crippen LogP contribution < -0.4 is 5.73 Å². The maximum Gasteiger partial charge on any atom is 0.260 e. The Hall–Kier alpha value is -1.06. The molecule has 2 N–H and O–H groups in total. The summed E-state index contributed by atoms with van der Waals surface area (Å²) < 4.78 is 5.05. The molecule has 0 radical (unpaired) electrons. The van der Waals surface area contributed by atoms with Crippen molar-refractivity contribution in [3.8, 4) is 0 Å². The molecule has 4 heteroatoms. The molecule has 1 aromatic heterocycles. The molecule has 2 bridgehead atoms. The molecular formula is C10H15N3O. The fourth-order valence-electron chi connectivity index (χ4n) is 3.20. The monoisotopic (exact) mass is 193 g/mol. The van der Waals surface area contributed by atoms with Crippen LogP contribution in [-0.4, -0.2) is 10.1 Å². The molecule has 1 heterocycles. The van der Waals surface area contributed by atoms with Crippen molar-refractivity contribution in [1.82, 2.24) is 10.1 Å². The van der Waals surface area contributed by atoms with Gasteiger partial charge in [-0.3, -0.25) is 0 Å². The highest BCUT2D eigenvalue weighted by molar-refractivity contribution is 5.11. The zero-order chi connectivity index (χ0) is 9.54. The fourth-order valence-corrected chi connectivity index (χ4v) is 3.20. The second-order valence-electron chi connectivity index (χ2n) is 4.69. The van der Waals surface area contributed by atoms with Gasteiger partial charge >= 0.3 is 0 Å². The summed E-state index contributed by atoms with van der Waals surface area (Å²) in [6.45, 7) is 0. The maximum atomic E-state index is 5.41. The summed E-state index contributed by atoms with van der Waals surface area (Å²) in [5.41, 5.74) is 5.41. The standard InChI is InChI=1S/C10H15N3O/c11-10-12-9(14-13-10)5-8-4-6-1-2-7(8)3-6/h6-8H,1-5H2,(H2,11,13). The molecule has 0 aliphatic heterocycles. The van der Waals surface area contributed by atoms with Gasteiger partial charge in [0.15, 0.2) is 0 Å². The predicted octanol–water partition coefficient (Wildman–Crippen LogP) is 1.63. The summed E-state index contributed by atoms with van der Waals surface area (Å²) in [5.74, 6) is 3.65. The van der Waals surface area contributed by atoms with Crippen LogP contribution in [0.1, 0.15) is 31.6 Å². The minimum atomic E-state index is 0.267. The molecule has 76 valence electrons. The van der Waals surface area contributed by atoms with Crippen molar-refractivity contribution in [1.29, 1.82) is 0 Å². The molecule has 0 amide bonds. The van der Waals surface area contributed by atoms with E-state index < -0.39 is 0 Å². The van der Waals surface area contributed by atoms with Crippen LogP contribution in [0.3, 0.4) is 0 Å². The summed E-state index contributed by atoms with van der Waals surface area (Å²) in [6.07, 6.45) is 6.55. The van der Waals surface area contributed by atoms with Gasteiger partial charge in [0.2, 0.25) is 5.89 Å². The van der Waals surface area contributed by atoms with Crippen LogP contribution in [0.4, 0.5) is 5.95 Å². The van der Waals surface area contributed by atoms with E-state index in [9.17, 15) is 0 Å². The molecule has 0 spiro atoms. The van der Waals surface area contributed by atoms with Crippen molar-refractivity contribution in [2.45, 2.75) is 32.1 Å². The molecular weight excluding hydrogens is 178 g/mol. The number of rotatable bonds is 2. The topological polar surface area (TPSA) is 64.9 Å². The minimum absolute atomic E-state index is 0.267.